The molecule has 0 aliphatic heterocycles. The first-order valence-electron chi connectivity index (χ1n) is 14.5. The van der Waals surface area contributed by atoms with Gasteiger partial charge < -0.3 is 9.52 Å². The van der Waals surface area contributed by atoms with E-state index in [9.17, 15) is 4.79 Å². The van der Waals surface area contributed by atoms with E-state index in [2.05, 4.69) is 100 Å². The molecule has 1 radical (unpaired) electrons. The van der Waals surface area contributed by atoms with Crippen LogP contribution in [0.25, 0.3) is 54.7 Å². The maximum Gasteiger partial charge on any atom is 0.155 e. The predicted molar refractivity (Wildman–Crippen MR) is 173 cm³/mol. The third-order valence-corrected chi connectivity index (χ3v) is 8.65. The second kappa shape index (κ2) is 11.4. The molecule has 4 aromatic carbocycles. The zero-order valence-electron chi connectivity index (χ0n) is 25.5. The Morgan fingerprint density at radius 2 is 1.49 bits per heavy atom. The van der Waals surface area contributed by atoms with Gasteiger partial charge in [0.1, 0.15) is 11.2 Å². The second-order valence-electron chi connectivity index (χ2n) is 12.8. The molecule has 0 saturated heterocycles. The fourth-order valence-electron chi connectivity index (χ4n) is 6.27. The molecule has 4 nitrogen and oxygen atoms in total. The molecule has 0 saturated carbocycles. The van der Waals surface area contributed by atoms with E-state index >= 15 is 0 Å². The number of hydrogen-bond acceptors (Lipinski definition) is 4. The number of hydrogen-bond donors (Lipinski definition) is 1. The molecule has 0 amide bonds. The van der Waals surface area contributed by atoms with Gasteiger partial charge in [-0.25, -0.2) is 0 Å². The van der Waals surface area contributed by atoms with E-state index in [0.717, 1.165) is 44.0 Å². The van der Waals surface area contributed by atoms with Crippen LogP contribution in [0.3, 0.4) is 0 Å². The minimum absolute atomic E-state index is 0. The minimum Gasteiger partial charge on any atom is -0.512 e. The normalized spacial score (nSPS) is 15.5. The SMILES string of the molecule is CC(=O)/C=C(/C)O.CC1(C)CCC(C)(C)c2cc3c(cc21)oc1cc2ccnc(-c4[c-]c5ccccc5cc4)c2cc13.[Ir]. The van der Waals surface area contributed by atoms with Crippen LogP contribution in [0.1, 0.15) is 65.5 Å². The van der Waals surface area contributed by atoms with Crippen molar-refractivity contribution in [2.45, 2.75) is 65.2 Å². The number of fused-ring (bicyclic) bond motifs is 6. The first-order valence-corrected chi connectivity index (χ1v) is 14.5. The average molecular weight is 747 g/mol. The van der Waals surface area contributed by atoms with Gasteiger partial charge in [0.25, 0.3) is 0 Å². The molecule has 2 aromatic heterocycles. The largest absolute Gasteiger partial charge is 0.512 e. The van der Waals surface area contributed by atoms with E-state index < -0.39 is 0 Å². The number of nitrogens with zero attached hydrogens (tertiary/aromatic N) is 1. The quantitative estimate of drug-likeness (QED) is 0.109. The fourth-order valence-corrected chi connectivity index (χ4v) is 6.27. The van der Waals surface area contributed by atoms with Crippen LogP contribution in [0.2, 0.25) is 0 Å². The number of aromatic nitrogens is 1. The molecular formula is C38H36IrNO3-. The average Bonchev–Trinajstić information content (AvgIpc) is 3.29. The van der Waals surface area contributed by atoms with Gasteiger partial charge in [-0.1, -0.05) is 56.8 Å². The molecule has 6 aromatic rings. The van der Waals surface area contributed by atoms with Crippen molar-refractivity contribution in [3.05, 3.63) is 102 Å². The van der Waals surface area contributed by atoms with Gasteiger partial charge in [-0.2, -0.15) is 0 Å². The summed E-state index contributed by atoms with van der Waals surface area (Å²) in [5.41, 5.74) is 7.09. The summed E-state index contributed by atoms with van der Waals surface area (Å²) in [5.74, 6) is -0.0625. The summed E-state index contributed by atoms with van der Waals surface area (Å²) in [6.07, 6.45) is 5.45. The number of pyridine rings is 1. The Hall–Kier alpha value is -3.79. The van der Waals surface area contributed by atoms with Gasteiger partial charge in [0.15, 0.2) is 5.78 Å². The van der Waals surface area contributed by atoms with Gasteiger partial charge in [-0.15, -0.1) is 29.7 Å². The van der Waals surface area contributed by atoms with Crippen LogP contribution in [0, 0.1) is 6.07 Å². The van der Waals surface area contributed by atoms with Crippen molar-refractivity contribution >= 4 is 49.3 Å². The van der Waals surface area contributed by atoms with E-state index in [0.29, 0.717) is 0 Å². The number of furan rings is 1. The molecule has 1 aliphatic carbocycles. The summed E-state index contributed by atoms with van der Waals surface area (Å²) < 4.78 is 6.46. The fraction of sp³-hybridized carbons (Fsp3) is 0.263. The predicted octanol–water partition coefficient (Wildman–Crippen LogP) is 10.1. The van der Waals surface area contributed by atoms with E-state index in [1.54, 1.807) is 0 Å². The summed E-state index contributed by atoms with van der Waals surface area (Å²) in [6, 6.07) is 27.5. The Morgan fingerprint density at radius 1 is 0.837 bits per heavy atom. The Bertz CT molecular complexity index is 2040. The number of carbonyl (C=O) groups excluding carboxylic acids is 1. The Morgan fingerprint density at radius 3 is 2.16 bits per heavy atom. The summed E-state index contributed by atoms with van der Waals surface area (Å²) in [5, 5.41) is 15.3. The van der Waals surface area contributed by atoms with Crippen molar-refractivity contribution in [1.29, 1.82) is 0 Å². The molecular weight excluding hydrogens is 711 g/mol. The van der Waals surface area contributed by atoms with E-state index in [1.165, 1.54) is 54.7 Å². The molecule has 0 fully saturated rings. The summed E-state index contributed by atoms with van der Waals surface area (Å²) >= 11 is 0. The van der Waals surface area contributed by atoms with Crippen LogP contribution in [-0.4, -0.2) is 15.9 Å². The van der Waals surface area contributed by atoms with E-state index in [-0.39, 0.29) is 42.5 Å². The summed E-state index contributed by atoms with van der Waals surface area (Å²) in [7, 11) is 0. The summed E-state index contributed by atoms with van der Waals surface area (Å²) in [6.45, 7) is 12.3. The zero-order chi connectivity index (χ0) is 29.8. The van der Waals surface area contributed by atoms with E-state index in [4.69, 9.17) is 14.5 Å². The van der Waals surface area contributed by atoms with Crippen LogP contribution in [0.4, 0.5) is 0 Å². The molecule has 0 atom stereocenters. The van der Waals surface area contributed by atoms with Crippen LogP contribution >= 0.6 is 0 Å². The van der Waals surface area contributed by atoms with Crippen molar-refractivity contribution < 1.29 is 34.4 Å². The number of benzene rings is 4. The van der Waals surface area contributed by atoms with Crippen molar-refractivity contribution in [1.82, 2.24) is 4.98 Å². The smallest absolute Gasteiger partial charge is 0.155 e. The third-order valence-electron chi connectivity index (χ3n) is 8.65. The van der Waals surface area contributed by atoms with Crippen LogP contribution < -0.4 is 0 Å². The Labute approximate surface area is 266 Å². The van der Waals surface area contributed by atoms with Crippen molar-refractivity contribution in [3.8, 4) is 11.3 Å². The van der Waals surface area contributed by atoms with Gasteiger partial charge in [-0.05, 0) is 89.8 Å². The zero-order valence-corrected chi connectivity index (χ0v) is 27.9. The minimum atomic E-state index is -0.125. The van der Waals surface area contributed by atoms with E-state index in [1.807, 2.05) is 6.20 Å². The molecule has 0 bridgehead atoms. The maximum atomic E-state index is 10.0. The maximum absolute atomic E-state index is 10.0. The molecule has 2 heterocycles. The molecule has 0 spiro atoms. The third kappa shape index (κ3) is 5.77. The Kier molecular flexibility index (Phi) is 8.11. The molecule has 43 heavy (non-hydrogen) atoms. The molecule has 7 rings (SSSR count). The number of aliphatic hydroxyl groups excluding tert-OH is 1. The monoisotopic (exact) mass is 747 g/mol. The first kappa shape index (κ1) is 30.7. The van der Waals surface area contributed by atoms with Gasteiger partial charge >= 0.3 is 0 Å². The molecule has 1 aliphatic rings. The van der Waals surface area contributed by atoms with Crippen LogP contribution in [0.5, 0.6) is 0 Å². The molecule has 5 heteroatoms. The number of ketones is 1. The van der Waals surface area contributed by atoms with Crippen molar-refractivity contribution in [2.24, 2.45) is 0 Å². The first-order chi connectivity index (χ1) is 19.9. The van der Waals surface area contributed by atoms with Gasteiger partial charge in [-0.3, -0.25) is 9.78 Å². The van der Waals surface area contributed by atoms with Gasteiger partial charge in [0.2, 0.25) is 0 Å². The van der Waals surface area contributed by atoms with Crippen molar-refractivity contribution in [2.75, 3.05) is 0 Å². The molecule has 221 valence electrons. The number of aliphatic hydroxyl groups is 1. The molecule has 1 N–H and O–H groups in total. The van der Waals surface area contributed by atoms with Crippen molar-refractivity contribution in [3.63, 3.8) is 0 Å². The topological polar surface area (TPSA) is 63.3 Å². The summed E-state index contributed by atoms with van der Waals surface area (Å²) in [4.78, 5) is 14.8. The van der Waals surface area contributed by atoms with Crippen LogP contribution in [0.15, 0.2) is 89.2 Å². The standard InChI is InChI=1S/C33H28NO.C5H8O2.Ir/c1-32(2)12-13-33(3,4)28-19-30-26(18-27(28)32)25-17-24-22(16-29(25)35-30)11-14-34-31(24)23-10-9-20-7-5-6-8-21(20)15-23;1-4(6)3-5(2)7;/h5-11,14,16-19H,12-13H2,1-4H3;3,6H,1-2H3;/q-1;;/b;4-3-;. The Balaban J connectivity index is 0.000000415. The van der Waals surface area contributed by atoms with Gasteiger partial charge in [0.05, 0.1) is 5.76 Å². The number of carbonyl (C=O) groups is 1. The number of rotatable bonds is 2. The second-order valence-corrected chi connectivity index (χ2v) is 12.8. The van der Waals surface area contributed by atoms with Gasteiger partial charge in [0, 0.05) is 48.8 Å². The number of allylic oxidation sites excluding steroid dienone is 2. The molecule has 0 unspecified atom stereocenters. The van der Waals surface area contributed by atoms with Crippen LogP contribution in [-0.2, 0) is 35.7 Å².